The van der Waals surface area contributed by atoms with Crippen molar-refractivity contribution in [2.75, 3.05) is 74.9 Å². The molecule has 2 aromatic heterocycles. The molecule has 3 heterocycles. The molecule has 4 rings (SSSR count). The molecule has 1 aromatic carbocycles. The van der Waals surface area contributed by atoms with Crippen LogP contribution in [0.3, 0.4) is 0 Å². The summed E-state index contributed by atoms with van der Waals surface area (Å²) >= 11 is 0. The fourth-order valence-corrected chi connectivity index (χ4v) is 3.46. The zero-order valence-corrected chi connectivity index (χ0v) is 17.7. The van der Waals surface area contributed by atoms with Gasteiger partial charge in [0.2, 0.25) is 11.9 Å². The molecule has 1 fully saturated rings. The lowest BCUT2D eigenvalue weighted by atomic mass is 10.2. The number of benzene rings is 1. The molecule has 0 radical (unpaired) electrons. The molecule has 0 aliphatic carbocycles. The molecule has 0 spiro atoms. The minimum absolute atomic E-state index is 0.417. The highest BCUT2D eigenvalue weighted by molar-refractivity contribution is 5.91. The number of rotatable bonds is 5. The van der Waals surface area contributed by atoms with Crippen LogP contribution in [0.5, 0.6) is 11.5 Å². The SMILES string of the molecule is COc1cc2nc(N3CCN(c4nccc(N(C)C)n4)CC3)nc(N)c2cc1OC. The molecule has 2 N–H and O–H groups in total. The molecule has 10 heteroatoms. The highest BCUT2D eigenvalue weighted by Crippen LogP contribution is 2.34. The first-order chi connectivity index (χ1) is 14.5. The average Bonchev–Trinajstić information content (AvgIpc) is 2.78. The number of nitrogen functional groups attached to an aromatic ring is 1. The Morgan fingerprint density at radius 3 is 2.17 bits per heavy atom. The van der Waals surface area contributed by atoms with Crippen LogP contribution in [0.15, 0.2) is 24.4 Å². The van der Waals surface area contributed by atoms with Gasteiger partial charge in [-0.15, -0.1) is 0 Å². The van der Waals surface area contributed by atoms with Crippen LogP contribution in [0.1, 0.15) is 0 Å². The Hall–Kier alpha value is -3.56. The fraction of sp³-hybridized carbons (Fsp3) is 0.400. The molecule has 158 valence electrons. The van der Waals surface area contributed by atoms with E-state index in [2.05, 4.69) is 24.8 Å². The standard InChI is InChI=1S/C20H26N8O2/c1-26(2)17-5-6-22-19(24-17)27-7-9-28(10-8-27)20-23-14-12-16(30-4)15(29-3)11-13(14)18(21)25-20/h5-6,11-12H,7-10H2,1-4H3,(H2,21,23,25). The third-order valence-electron chi connectivity index (χ3n) is 5.15. The van der Waals surface area contributed by atoms with Crippen LogP contribution < -0.4 is 29.9 Å². The lowest BCUT2D eigenvalue weighted by molar-refractivity contribution is 0.356. The van der Waals surface area contributed by atoms with Crippen molar-refractivity contribution in [2.45, 2.75) is 0 Å². The first kappa shape index (κ1) is 19.7. The van der Waals surface area contributed by atoms with E-state index in [0.29, 0.717) is 23.3 Å². The van der Waals surface area contributed by atoms with E-state index in [0.717, 1.165) is 48.8 Å². The van der Waals surface area contributed by atoms with Crippen LogP contribution in [0.2, 0.25) is 0 Å². The van der Waals surface area contributed by atoms with Crippen LogP contribution in [0.25, 0.3) is 10.9 Å². The molecular formula is C20H26N8O2. The first-order valence-corrected chi connectivity index (χ1v) is 9.69. The number of aromatic nitrogens is 4. The predicted octanol–water partition coefficient (Wildman–Crippen LogP) is 1.41. The molecule has 1 aliphatic rings. The van der Waals surface area contributed by atoms with Crippen LogP contribution in [-0.2, 0) is 0 Å². The van der Waals surface area contributed by atoms with Gasteiger partial charge >= 0.3 is 0 Å². The van der Waals surface area contributed by atoms with Gasteiger partial charge in [-0.05, 0) is 12.1 Å². The number of anilines is 4. The quantitative estimate of drug-likeness (QED) is 0.663. The van der Waals surface area contributed by atoms with Crippen molar-refractivity contribution in [3.63, 3.8) is 0 Å². The summed E-state index contributed by atoms with van der Waals surface area (Å²) in [5.74, 6) is 3.85. The molecule has 0 amide bonds. The topological polar surface area (TPSA) is 106 Å². The average molecular weight is 410 g/mol. The molecule has 10 nitrogen and oxygen atoms in total. The number of nitrogens with zero attached hydrogens (tertiary/aromatic N) is 7. The molecule has 0 bridgehead atoms. The maximum Gasteiger partial charge on any atom is 0.228 e. The number of fused-ring (bicyclic) bond motifs is 1. The Balaban J connectivity index is 1.55. The second kappa shape index (κ2) is 8.05. The van der Waals surface area contributed by atoms with Crippen molar-refractivity contribution in [1.29, 1.82) is 0 Å². The Bertz CT molecular complexity index is 1050. The first-order valence-electron chi connectivity index (χ1n) is 9.69. The maximum atomic E-state index is 6.23. The smallest absolute Gasteiger partial charge is 0.228 e. The second-order valence-corrected chi connectivity index (χ2v) is 7.22. The maximum absolute atomic E-state index is 6.23. The minimum Gasteiger partial charge on any atom is -0.493 e. The molecular weight excluding hydrogens is 384 g/mol. The van der Waals surface area contributed by atoms with Gasteiger partial charge in [0, 0.05) is 57.9 Å². The summed E-state index contributed by atoms with van der Waals surface area (Å²) < 4.78 is 10.8. The number of nitrogens with two attached hydrogens (primary N) is 1. The molecule has 0 saturated carbocycles. The summed E-state index contributed by atoms with van der Waals surface area (Å²) in [6, 6.07) is 5.53. The third-order valence-corrected chi connectivity index (χ3v) is 5.15. The highest BCUT2D eigenvalue weighted by Gasteiger charge is 2.22. The third kappa shape index (κ3) is 3.68. The van der Waals surface area contributed by atoms with Crippen LogP contribution >= 0.6 is 0 Å². The van der Waals surface area contributed by atoms with Gasteiger partial charge in [-0.3, -0.25) is 0 Å². The van der Waals surface area contributed by atoms with E-state index >= 15 is 0 Å². The van der Waals surface area contributed by atoms with E-state index in [1.807, 2.05) is 31.1 Å². The van der Waals surface area contributed by atoms with E-state index < -0.39 is 0 Å². The zero-order valence-electron chi connectivity index (χ0n) is 17.7. The Kier molecular flexibility index (Phi) is 5.30. The van der Waals surface area contributed by atoms with Crippen LogP contribution in [-0.4, -0.2) is 74.4 Å². The van der Waals surface area contributed by atoms with Crippen molar-refractivity contribution in [2.24, 2.45) is 0 Å². The minimum atomic E-state index is 0.417. The lowest BCUT2D eigenvalue weighted by Gasteiger charge is -2.35. The number of methoxy groups -OCH3 is 2. The van der Waals surface area contributed by atoms with Gasteiger partial charge in [0.05, 0.1) is 19.7 Å². The largest absolute Gasteiger partial charge is 0.493 e. The van der Waals surface area contributed by atoms with Gasteiger partial charge in [-0.2, -0.15) is 9.97 Å². The summed E-state index contributed by atoms with van der Waals surface area (Å²) in [6.45, 7) is 3.02. The van der Waals surface area contributed by atoms with Crippen LogP contribution in [0, 0.1) is 0 Å². The summed E-state index contributed by atoms with van der Waals surface area (Å²) in [6.07, 6.45) is 1.79. The number of hydrogen-bond donors (Lipinski definition) is 1. The van der Waals surface area contributed by atoms with Gasteiger partial charge in [0.1, 0.15) is 11.6 Å². The van der Waals surface area contributed by atoms with E-state index in [9.17, 15) is 0 Å². The van der Waals surface area contributed by atoms with Crippen molar-refractivity contribution in [1.82, 2.24) is 19.9 Å². The number of piperazine rings is 1. The lowest BCUT2D eigenvalue weighted by Crippen LogP contribution is -2.47. The Labute approximate surface area is 175 Å². The molecule has 0 atom stereocenters. The Morgan fingerprint density at radius 2 is 1.53 bits per heavy atom. The summed E-state index contributed by atoms with van der Waals surface area (Å²) in [7, 11) is 7.13. The van der Waals surface area contributed by atoms with Gasteiger partial charge in [-0.1, -0.05) is 0 Å². The monoisotopic (exact) mass is 410 g/mol. The van der Waals surface area contributed by atoms with Crippen molar-refractivity contribution in [3.8, 4) is 11.5 Å². The van der Waals surface area contributed by atoms with Gasteiger partial charge in [0.15, 0.2) is 11.5 Å². The normalized spacial score (nSPS) is 14.1. The number of hydrogen-bond acceptors (Lipinski definition) is 10. The van der Waals surface area contributed by atoms with Gasteiger partial charge in [-0.25, -0.2) is 9.97 Å². The molecule has 30 heavy (non-hydrogen) atoms. The van der Waals surface area contributed by atoms with Crippen molar-refractivity contribution >= 4 is 34.4 Å². The summed E-state index contributed by atoms with van der Waals surface area (Å²) in [4.78, 5) is 24.6. The van der Waals surface area contributed by atoms with E-state index in [-0.39, 0.29) is 0 Å². The molecule has 1 aliphatic heterocycles. The molecule has 3 aromatic rings. The Morgan fingerprint density at radius 1 is 0.900 bits per heavy atom. The van der Waals surface area contributed by atoms with E-state index in [1.54, 1.807) is 26.5 Å². The zero-order chi connectivity index (χ0) is 21.3. The molecule has 1 saturated heterocycles. The van der Waals surface area contributed by atoms with E-state index in [1.165, 1.54) is 0 Å². The van der Waals surface area contributed by atoms with E-state index in [4.69, 9.17) is 20.2 Å². The fourth-order valence-electron chi connectivity index (χ4n) is 3.46. The predicted molar refractivity (Wildman–Crippen MR) is 118 cm³/mol. The van der Waals surface area contributed by atoms with Gasteiger partial charge < -0.3 is 29.9 Å². The van der Waals surface area contributed by atoms with Crippen LogP contribution in [0.4, 0.5) is 23.5 Å². The second-order valence-electron chi connectivity index (χ2n) is 7.22. The van der Waals surface area contributed by atoms with Crippen molar-refractivity contribution < 1.29 is 9.47 Å². The van der Waals surface area contributed by atoms with Gasteiger partial charge in [0.25, 0.3) is 0 Å². The van der Waals surface area contributed by atoms with Crippen molar-refractivity contribution in [3.05, 3.63) is 24.4 Å². The highest BCUT2D eigenvalue weighted by atomic mass is 16.5. The number of ether oxygens (including phenoxy) is 2. The summed E-state index contributed by atoms with van der Waals surface area (Å²) in [5.41, 5.74) is 6.95. The molecule has 0 unspecified atom stereocenters. The summed E-state index contributed by atoms with van der Waals surface area (Å²) in [5, 5.41) is 0.740.